The summed E-state index contributed by atoms with van der Waals surface area (Å²) in [7, 11) is -3.60. The van der Waals surface area contributed by atoms with E-state index in [2.05, 4.69) is 0 Å². The SMILES string of the molecule is O=C(Cc1ccccc1)N1CCC2(CC1)N(Cc1ccccc1)C(=O)CS2(=O)=O. The van der Waals surface area contributed by atoms with Crippen LogP contribution in [0.2, 0.25) is 0 Å². The minimum Gasteiger partial charge on any atom is -0.342 e. The van der Waals surface area contributed by atoms with Crippen LogP contribution in [-0.4, -0.2) is 53.7 Å². The Balaban J connectivity index is 1.51. The number of amides is 2. The summed E-state index contributed by atoms with van der Waals surface area (Å²) >= 11 is 0. The van der Waals surface area contributed by atoms with Crippen molar-refractivity contribution >= 4 is 21.7 Å². The van der Waals surface area contributed by atoms with E-state index in [1.165, 1.54) is 4.90 Å². The van der Waals surface area contributed by atoms with E-state index in [0.29, 0.717) is 19.5 Å². The molecule has 1 spiro atoms. The van der Waals surface area contributed by atoms with Crippen molar-refractivity contribution in [2.24, 2.45) is 0 Å². The molecule has 0 radical (unpaired) electrons. The van der Waals surface area contributed by atoms with Crippen LogP contribution in [0.15, 0.2) is 60.7 Å². The Hall–Kier alpha value is -2.67. The van der Waals surface area contributed by atoms with E-state index in [0.717, 1.165) is 11.1 Å². The zero-order valence-corrected chi connectivity index (χ0v) is 17.0. The van der Waals surface area contributed by atoms with Gasteiger partial charge in [0.15, 0.2) is 9.84 Å². The van der Waals surface area contributed by atoms with Crippen LogP contribution in [0, 0.1) is 0 Å². The number of likely N-dealkylation sites (tertiary alicyclic amines) is 1. The van der Waals surface area contributed by atoms with E-state index in [1.807, 2.05) is 60.7 Å². The number of piperidine rings is 1. The number of carbonyl (C=O) groups is 2. The van der Waals surface area contributed by atoms with Gasteiger partial charge in [-0.3, -0.25) is 9.59 Å². The third-order valence-electron chi connectivity index (χ3n) is 5.96. The molecular weight excluding hydrogens is 388 g/mol. The summed E-state index contributed by atoms with van der Waals surface area (Å²) in [5.41, 5.74) is 1.84. The number of hydrogen-bond acceptors (Lipinski definition) is 4. The Bertz CT molecular complexity index is 998. The molecule has 6 nitrogen and oxygen atoms in total. The number of sulfone groups is 1. The first-order valence-electron chi connectivity index (χ1n) is 9.80. The van der Waals surface area contributed by atoms with Gasteiger partial charge in [-0.1, -0.05) is 60.7 Å². The van der Waals surface area contributed by atoms with Gasteiger partial charge in [0, 0.05) is 32.5 Å². The molecule has 0 aliphatic carbocycles. The van der Waals surface area contributed by atoms with Gasteiger partial charge >= 0.3 is 0 Å². The molecule has 0 unspecified atom stereocenters. The lowest BCUT2D eigenvalue weighted by Crippen LogP contribution is -2.56. The first kappa shape index (κ1) is 19.6. The van der Waals surface area contributed by atoms with Crippen molar-refractivity contribution in [1.29, 1.82) is 0 Å². The molecule has 2 aliphatic heterocycles. The average Bonchev–Trinajstić information content (AvgIpc) is 2.90. The number of rotatable bonds is 4. The molecule has 2 aromatic rings. The molecule has 7 heteroatoms. The van der Waals surface area contributed by atoms with E-state index in [4.69, 9.17) is 0 Å². The third-order valence-corrected chi connectivity index (χ3v) is 8.38. The first-order chi connectivity index (χ1) is 13.9. The molecule has 0 saturated carbocycles. The van der Waals surface area contributed by atoms with Crippen LogP contribution in [0.25, 0.3) is 0 Å². The van der Waals surface area contributed by atoms with Crippen molar-refractivity contribution in [2.75, 3.05) is 18.8 Å². The van der Waals surface area contributed by atoms with Gasteiger partial charge < -0.3 is 9.80 Å². The van der Waals surface area contributed by atoms with Gasteiger partial charge in [0.1, 0.15) is 10.6 Å². The molecule has 0 N–H and O–H groups in total. The van der Waals surface area contributed by atoms with Crippen molar-refractivity contribution < 1.29 is 18.0 Å². The van der Waals surface area contributed by atoms with Crippen molar-refractivity contribution in [3.05, 3.63) is 71.8 Å². The monoisotopic (exact) mass is 412 g/mol. The number of carbonyl (C=O) groups excluding carboxylic acids is 2. The molecule has 2 amide bonds. The summed E-state index contributed by atoms with van der Waals surface area (Å²) in [6.07, 6.45) is 0.816. The lowest BCUT2D eigenvalue weighted by Gasteiger charge is -2.43. The Kier molecular flexibility index (Phi) is 5.17. The Labute approximate surface area is 171 Å². The second-order valence-electron chi connectivity index (χ2n) is 7.71. The van der Waals surface area contributed by atoms with Crippen LogP contribution >= 0.6 is 0 Å². The topological polar surface area (TPSA) is 74.8 Å². The number of benzene rings is 2. The van der Waals surface area contributed by atoms with E-state index in [9.17, 15) is 18.0 Å². The first-order valence-corrected chi connectivity index (χ1v) is 11.4. The largest absolute Gasteiger partial charge is 0.342 e. The normalized spacial score (nSPS) is 20.2. The maximum atomic E-state index is 13.0. The fraction of sp³-hybridized carbons (Fsp3) is 0.364. The zero-order valence-electron chi connectivity index (χ0n) is 16.2. The zero-order chi connectivity index (χ0) is 20.5. The maximum Gasteiger partial charge on any atom is 0.239 e. The highest BCUT2D eigenvalue weighted by Crippen LogP contribution is 2.40. The molecule has 2 saturated heterocycles. The van der Waals surface area contributed by atoms with Crippen LogP contribution in [0.1, 0.15) is 24.0 Å². The molecule has 0 aromatic heterocycles. The highest BCUT2D eigenvalue weighted by Gasteiger charge is 2.58. The van der Waals surface area contributed by atoms with Gasteiger partial charge in [0.25, 0.3) is 0 Å². The quantitative estimate of drug-likeness (QED) is 0.770. The van der Waals surface area contributed by atoms with E-state index < -0.39 is 20.5 Å². The minimum absolute atomic E-state index is 0.0117. The van der Waals surface area contributed by atoms with E-state index in [-0.39, 0.29) is 31.2 Å². The van der Waals surface area contributed by atoms with Crippen molar-refractivity contribution in [3.63, 3.8) is 0 Å². The summed E-state index contributed by atoms with van der Waals surface area (Å²) in [6, 6.07) is 18.9. The Morgan fingerprint density at radius 2 is 1.45 bits per heavy atom. The molecule has 2 heterocycles. The standard InChI is InChI=1S/C22H24N2O4S/c25-20(15-18-7-3-1-4-8-18)23-13-11-22(12-14-23)24(21(26)17-29(22,27)28)16-19-9-5-2-6-10-19/h1-10H,11-17H2. The summed E-state index contributed by atoms with van der Waals surface area (Å²) < 4.78 is 25.9. The van der Waals surface area contributed by atoms with Gasteiger partial charge in [0.2, 0.25) is 11.8 Å². The third kappa shape index (κ3) is 3.67. The number of hydrogen-bond donors (Lipinski definition) is 0. The highest BCUT2D eigenvalue weighted by molar-refractivity contribution is 7.93. The van der Waals surface area contributed by atoms with Crippen LogP contribution in [0.3, 0.4) is 0 Å². The Morgan fingerprint density at radius 3 is 2.03 bits per heavy atom. The summed E-state index contributed by atoms with van der Waals surface area (Å²) in [5, 5.41) is 0. The summed E-state index contributed by atoms with van der Waals surface area (Å²) in [4.78, 5) is 27.3. The van der Waals surface area contributed by atoms with E-state index >= 15 is 0 Å². The fourth-order valence-electron chi connectivity index (χ4n) is 4.34. The highest BCUT2D eigenvalue weighted by atomic mass is 32.2. The number of nitrogens with zero attached hydrogens (tertiary/aromatic N) is 2. The molecule has 4 rings (SSSR count). The second-order valence-corrected chi connectivity index (χ2v) is 9.99. The lowest BCUT2D eigenvalue weighted by atomic mass is 10.00. The molecule has 152 valence electrons. The lowest BCUT2D eigenvalue weighted by molar-refractivity contribution is -0.135. The predicted molar refractivity (Wildman–Crippen MR) is 109 cm³/mol. The van der Waals surface area contributed by atoms with Crippen molar-refractivity contribution in [1.82, 2.24) is 9.80 Å². The molecule has 29 heavy (non-hydrogen) atoms. The molecule has 0 bridgehead atoms. The molecule has 2 fully saturated rings. The van der Waals surface area contributed by atoms with Gasteiger partial charge in [0.05, 0.1) is 6.42 Å². The van der Waals surface area contributed by atoms with Crippen LogP contribution in [0.5, 0.6) is 0 Å². The van der Waals surface area contributed by atoms with Crippen molar-refractivity contribution in [2.45, 2.75) is 30.7 Å². The fourth-order valence-corrected chi connectivity index (χ4v) is 6.39. The van der Waals surface area contributed by atoms with Crippen LogP contribution in [0.4, 0.5) is 0 Å². The summed E-state index contributed by atoms with van der Waals surface area (Å²) in [6.45, 7) is 0.948. The molecule has 2 aliphatic rings. The van der Waals surface area contributed by atoms with E-state index in [1.54, 1.807) is 4.90 Å². The minimum atomic E-state index is -3.60. The second kappa shape index (κ2) is 7.63. The maximum absolute atomic E-state index is 13.0. The van der Waals surface area contributed by atoms with Crippen LogP contribution < -0.4 is 0 Å². The van der Waals surface area contributed by atoms with Gasteiger partial charge in [-0.05, 0) is 11.1 Å². The van der Waals surface area contributed by atoms with Gasteiger partial charge in [-0.25, -0.2) is 8.42 Å². The van der Waals surface area contributed by atoms with Crippen molar-refractivity contribution in [3.8, 4) is 0 Å². The summed E-state index contributed by atoms with van der Waals surface area (Å²) in [5.74, 6) is -0.807. The van der Waals surface area contributed by atoms with Crippen LogP contribution in [-0.2, 0) is 32.4 Å². The van der Waals surface area contributed by atoms with Gasteiger partial charge in [-0.15, -0.1) is 0 Å². The molecule has 2 aromatic carbocycles. The smallest absolute Gasteiger partial charge is 0.239 e. The molecular formula is C22H24N2O4S. The average molecular weight is 413 g/mol. The van der Waals surface area contributed by atoms with Gasteiger partial charge in [-0.2, -0.15) is 0 Å². The molecule has 0 atom stereocenters. The predicted octanol–water partition coefficient (Wildman–Crippen LogP) is 2.00. The Morgan fingerprint density at radius 1 is 0.897 bits per heavy atom.